The number of halogens is 2. The lowest BCUT2D eigenvalue weighted by molar-refractivity contribution is -0.121. The average Bonchev–Trinajstić information content (AvgIpc) is 2.46. The lowest BCUT2D eigenvalue weighted by Crippen LogP contribution is -2.46. The summed E-state index contributed by atoms with van der Waals surface area (Å²) in [6, 6.07) is 8.12. The van der Waals surface area contributed by atoms with Crippen LogP contribution in [0.1, 0.15) is 12.0 Å². The Hall–Kier alpha value is -0.620. The van der Waals surface area contributed by atoms with E-state index in [9.17, 15) is 4.79 Å². The van der Waals surface area contributed by atoms with Gasteiger partial charge < -0.3 is 10.6 Å². The number of piperazine rings is 1. The zero-order valence-corrected chi connectivity index (χ0v) is 14.5. The van der Waals surface area contributed by atoms with Crippen molar-refractivity contribution in [3.8, 4) is 0 Å². The fourth-order valence-corrected chi connectivity index (χ4v) is 2.77. The Morgan fingerprint density at radius 3 is 2.81 bits per heavy atom. The van der Waals surface area contributed by atoms with Crippen LogP contribution in [0.2, 0.25) is 0 Å². The van der Waals surface area contributed by atoms with Crippen LogP contribution in [-0.4, -0.2) is 50.1 Å². The molecule has 1 saturated heterocycles. The number of hydrogen-bond donors (Lipinski definition) is 2. The van der Waals surface area contributed by atoms with Gasteiger partial charge in [0.1, 0.15) is 0 Å². The molecule has 0 atom stereocenters. The standard InChI is InChI=1S/C15H22BrN3O.ClH/c16-14-3-1-2-13(12-14)4-5-15(20)18-8-11-19-9-6-17-7-10-19;/h1-3,12,17H,4-11H2,(H,18,20);1H. The maximum atomic E-state index is 11.8. The monoisotopic (exact) mass is 375 g/mol. The van der Waals surface area contributed by atoms with Crippen molar-refractivity contribution in [2.75, 3.05) is 39.3 Å². The SMILES string of the molecule is Cl.O=C(CCc1cccc(Br)c1)NCCN1CCNCC1. The lowest BCUT2D eigenvalue weighted by Gasteiger charge is -2.27. The topological polar surface area (TPSA) is 44.4 Å². The average molecular weight is 377 g/mol. The van der Waals surface area contributed by atoms with E-state index < -0.39 is 0 Å². The minimum absolute atomic E-state index is 0. The van der Waals surface area contributed by atoms with Gasteiger partial charge in [-0.25, -0.2) is 0 Å². The molecule has 1 aliphatic rings. The van der Waals surface area contributed by atoms with Gasteiger partial charge in [-0.1, -0.05) is 28.1 Å². The maximum Gasteiger partial charge on any atom is 0.220 e. The van der Waals surface area contributed by atoms with E-state index in [2.05, 4.69) is 43.6 Å². The predicted octanol–water partition coefficient (Wildman–Crippen LogP) is 1.82. The van der Waals surface area contributed by atoms with Crippen LogP contribution in [-0.2, 0) is 11.2 Å². The fourth-order valence-electron chi connectivity index (χ4n) is 2.33. The number of carbonyl (C=O) groups is 1. The molecule has 0 spiro atoms. The van der Waals surface area contributed by atoms with E-state index in [1.807, 2.05) is 12.1 Å². The minimum Gasteiger partial charge on any atom is -0.355 e. The van der Waals surface area contributed by atoms with Crippen LogP contribution >= 0.6 is 28.3 Å². The lowest BCUT2D eigenvalue weighted by atomic mass is 10.1. The molecule has 2 N–H and O–H groups in total. The Morgan fingerprint density at radius 1 is 1.33 bits per heavy atom. The predicted molar refractivity (Wildman–Crippen MR) is 92.0 cm³/mol. The number of benzene rings is 1. The summed E-state index contributed by atoms with van der Waals surface area (Å²) in [6.07, 6.45) is 1.34. The summed E-state index contributed by atoms with van der Waals surface area (Å²) in [5, 5.41) is 6.33. The Kier molecular flexibility index (Phi) is 8.92. The molecule has 2 rings (SSSR count). The molecule has 6 heteroatoms. The largest absolute Gasteiger partial charge is 0.355 e. The van der Waals surface area contributed by atoms with Crippen molar-refractivity contribution in [2.24, 2.45) is 0 Å². The molecule has 1 heterocycles. The van der Waals surface area contributed by atoms with E-state index in [1.165, 1.54) is 5.56 Å². The van der Waals surface area contributed by atoms with Crippen LogP contribution < -0.4 is 10.6 Å². The van der Waals surface area contributed by atoms with E-state index in [4.69, 9.17) is 0 Å². The van der Waals surface area contributed by atoms with Gasteiger partial charge in [0, 0.05) is 50.2 Å². The van der Waals surface area contributed by atoms with Crippen LogP contribution in [0.3, 0.4) is 0 Å². The number of aryl methyl sites for hydroxylation is 1. The Labute approximate surface area is 141 Å². The Morgan fingerprint density at radius 2 is 2.10 bits per heavy atom. The zero-order valence-electron chi connectivity index (χ0n) is 12.1. The molecule has 0 bridgehead atoms. The van der Waals surface area contributed by atoms with Gasteiger partial charge in [-0.15, -0.1) is 12.4 Å². The van der Waals surface area contributed by atoms with Crippen molar-refractivity contribution in [3.05, 3.63) is 34.3 Å². The molecule has 0 saturated carbocycles. The highest BCUT2D eigenvalue weighted by Crippen LogP contribution is 2.12. The molecule has 1 amide bonds. The van der Waals surface area contributed by atoms with Gasteiger partial charge in [0.25, 0.3) is 0 Å². The van der Waals surface area contributed by atoms with Crippen molar-refractivity contribution < 1.29 is 4.79 Å². The summed E-state index contributed by atoms with van der Waals surface area (Å²) < 4.78 is 1.06. The third-order valence-electron chi connectivity index (χ3n) is 3.49. The Balaban J connectivity index is 0.00000220. The second-order valence-electron chi connectivity index (χ2n) is 5.07. The minimum atomic E-state index is 0. The van der Waals surface area contributed by atoms with Crippen molar-refractivity contribution in [3.63, 3.8) is 0 Å². The normalized spacial score (nSPS) is 15.3. The first-order chi connectivity index (χ1) is 9.74. The molecule has 0 aromatic heterocycles. The quantitative estimate of drug-likeness (QED) is 0.796. The van der Waals surface area contributed by atoms with E-state index in [0.29, 0.717) is 6.42 Å². The molecule has 4 nitrogen and oxygen atoms in total. The van der Waals surface area contributed by atoms with Crippen LogP contribution in [0, 0.1) is 0 Å². The third kappa shape index (κ3) is 7.27. The van der Waals surface area contributed by atoms with E-state index >= 15 is 0 Å². The fraction of sp³-hybridized carbons (Fsp3) is 0.533. The highest BCUT2D eigenvalue weighted by Gasteiger charge is 2.09. The van der Waals surface area contributed by atoms with E-state index in [0.717, 1.165) is 50.2 Å². The number of hydrogen-bond acceptors (Lipinski definition) is 3. The molecular weight excluding hydrogens is 354 g/mol. The van der Waals surface area contributed by atoms with Crippen molar-refractivity contribution >= 4 is 34.2 Å². The molecule has 1 aliphatic heterocycles. The number of rotatable bonds is 6. The second kappa shape index (κ2) is 10.2. The van der Waals surface area contributed by atoms with E-state index in [-0.39, 0.29) is 18.3 Å². The summed E-state index contributed by atoms with van der Waals surface area (Å²) in [6.45, 7) is 5.96. The summed E-state index contributed by atoms with van der Waals surface area (Å²) >= 11 is 3.44. The van der Waals surface area contributed by atoms with Gasteiger partial charge in [0.2, 0.25) is 5.91 Å². The smallest absolute Gasteiger partial charge is 0.220 e. The molecule has 1 aromatic carbocycles. The van der Waals surface area contributed by atoms with Crippen LogP contribution in [0.25, 0.3) is 0 Å². The molecule has 118 valence electrons. The molecule has 0 radical (unpaired) electrons. The molecule has 0 aliphatic carbocycles. The summed E-state index contributed by atoms with van der Waals surface area (Å²) in [5.74, 6) is 0.139. The van der Waals surface area contributed by atoms with Crippen molar-refractivity contribution in [1.82, 2.24) is 15.5 Å². The number of amides is 1. The number of carbonyl (C=O) groups excluding carboxylic acids is 1. The molecule has 0 unspecified atom stereocenters. The van der Waals surface area contributed by atoms with Gasteiger partial charge in [-0.2, -0.15) is 0 Å². The van der Waals surface area contributed by atoms with Crippen LogP contribution in [0.5, 0.6) is 0 Å². The van der Waals surface area contributed by atoms with Gasteiger partial charge in [0.05, 0.1) is 0 Å². The summed E-state index contributed by atoms with van der Waals surface area (Å²) in [5.41, 5.74) is 1.19. The van der Waals surface area contributed by atoms with E-state index in [1.54, 1.807) is 0 Å². The first-order valence-electron chi connectivity index (χ1n) is 7.18. The first kappa shape index (κ1) is 18.4. The highest BCUT2D eigenvalue weighted by atomic mass is 79.9. The molecular formula is C15H23BrClN3O. The molecule has 1 aromatic rings. The highest BCUT2D eigenvalue weighted by molar-refractivity contribution is 9.10. The second-order valence-corrected chi connectivity index (χ2v) is 5.99. The van der Waals surface area contributed by atoms with Gasteiger partial charge in [0.15, 0.2) is 0 Å². The molecule has 1 fully saturated rings. The summed E-state index contributed by atoms with van der Waals surface area (Å²) in [7, 11) is 0. The third-order valence-corrected chi connectivity index (χ3v) is 3.98. The van der Waals surface area contributed by atoms with Crippen LogP contribution in [0.4, 0.5) is 0 Å². The van der Waals surface area contributed by atoms with Gasteiger partial charge in [-0.3, -0.25) is 9.69 Å². The van der Waals surface area contributed by atoms with Crippen LogP contribution in [0.15, 0.2) is 28.7 Å². The maximum absolute atomic E-state index is 11.8. The number of nitrogens with zero attached hydrogens (tertiary/aromatic N) is 1. The van der Waals surface area contributed by atoms with Crippen molar-refractivity contribution in [2.45, 2.75) is 12.8 Å². The number of nitrogens with one attached hydrogen (secondary N) is 2. The Bertz CT molecular complexity index is 439. The van der Waals surface area contributed by atoms with Gasteiger partial charge in [-0.05, 0) is 24.1 Å². The first-order valence-corrected chi connectivity index (χ1v) is 7.97. The molecule has 21 heavy (non-hydrogen) atoms. The zero-order chi connectivity index (χ0) is 14.2. The summed E-state index contributed by atoms with van der Waals surface area (Å²) in [4.78, 5) is 14.2. The van der Waals surface area contributed by atoms with Gasteiger partial charge >= 0.3 is 0 Å². The van der Waals surface area contributed by atoms with Crippen molar-refractivity contribution in [1.29, 1.82) is 0 Å².